The molecule has 0 saturated carbocycles. The van der Waals surface area contributed by atoms with Crippen LogP contribution in [0.1, 0.15) is 57.1 Å². The average molecular weight is 284 g/mol. The Morgan fingerprint density at radius 1 is 1.10 bits per heavy atom. The summed E-state index contributed by atoms with van der Waals surface area (Å²) in [5.41, 5.74) is 7.84. The van der Waals surface area contributed by atoms with Crippen LogP contribution in [0.2, 0.25) is 0 Å². The van der Waals surface area contributed by atoms with Crippen LogP contribution in [0.5, 0.6) is 0 Å². The number of aliphatic imine (C=N–C) groups is 1. The van der Waals surface area contributed by atoms with Crippen molar-refractivity contribution < 1.29 is 0 Å². The molecule has 2 nitrogen and oxygen atoms in total. The van der Waals surface area contributed by atoms with Crippen molar-refractivity contribution in [3.8, 4) is 0 Å². The summed E-state index contributed by atoms with van der Waals surface area (Å²) < 4.78 is 0. The first-order valence-corrected chi connectivity index (χ1v) is 8.20. The van der Waals surface area contributed by atoms with Gasteiger partial charge >= 0.3 is 0 Å². The van der Waals surface area contributed by atoms with Gasteiger partial charge in [0.05, 0.1) is 11.4 Å². The Balaban J connectivity index is 2.27. The molecule has 1 aromatic rings. The number of hydrogen-bond acceptors (Lipinski definition) is 2. The molecule has 0 unspecified atom stereocenters. The third-order valence-electron chi connectivity index (χ3n) is 4.23. The van der Waals surface area contributed by atoms with Crippen molar-refractivity contribution >= 4 is 11.4 Å². The van der Waals surface area contributed by atoms with Crippen LogP contribution in [0, 0.1) is 13.8 Å². The second-order valence-electron chi connectivity index (χ2n) is 6.08. The third kappa shape index (κ3) is 3.96. The fraction of sp³-hybridized carbons (Fsp3) is 0.526. The monoisotopic (exact) mass is 284 g/mol. The highest BCUT2D eigenvalue weighted by atomic mass is 14.9. The van der Waals surface area contributed by atoms with E-state index in [9.17, 15) is 0 Å². The van der Waals surface area contributed by atoms with E-state index in [1.54, 1.807) is 0 Å². The van der Waals surface area contributed by atoms with Gasteiger partial charge in [-0.25, -0.2) is 0 Å². The molecule has 0 radical (unpaired) electrons. The lowest BCUT2D eigenvalue weighted by Crippen LogP contribution is -2.19. The van der Waals surface area contributed by atoms with Gasteiger partial charge in [-0.2, -0.15) is 0 Å². The molecule has 1 aromatic carbocycles. The van der Waals surface area contributed by atoms with E-state index in [1.165, 1.54) is 59.5 Å². The third-order valence-corrected chi connectivity index (χ3v) is 4.23. The van der Waals surface area contributed by atoms with Gasteiger partial charge in [0, 0.05) is 12.2 Å². The molecule has 114 valence electrons. The van der Waals surface area contributed by atoms with Gasteiger partial charge in [-0.3, -0.25) is 4.99 Å². The second-order valence-corrected chi connectivity index (χ2v) is 6.08. The smallest absolute Gasteiger partial charge is 0.0587 e. The van der Waals surface area contributed by atoms with Gasteiger partial charge in [-0.15, -0.1) is 0 Å². The molecule has 0 atom stereocenters. The highest BCUT2D eigenvalue weighted by molar-refractivity contribution is 6.04. The van der Waals surface area contributed by atoms with Crippen LogP contribution in [0.15, 0.2) is 34.5 Å². The summed E-state index contributed by atoms with van der Waals surface area (Å²) in [6, 6.07) is 6.46. The van der Waals surface area contributed by atoms with Crippen LogP contribution in [0.25, 0.3) is 0 Å². The number of anilines is 1. The molecule has 0 heterocycles. The van der Waals surface area contributed by atoms with Gasteiger partial charge in [-0.1, -0.05) is 31.5 Å². The molecular formula is C19H28N2. The molecule has 0 spiro atoms. The molecule has 21 heavy (non-hydrogen) atoms. The summed E-state index contributed by atoms with van der Waals surface area (Å²) in [6.45, 7) is 9.75. The molecule has 1 aliphatic carbocycles. The number of allylic oxidation sites excluding steroid dienone is 2. The van der Waals surface area contributed by atoms with E-state index in [0.717, 1.165) is 13.0 Å². The van der Waals surface area contributed by atoms with Crippen molar-refractivity contribution in [2.45, 2.75) is 59.8 Å². The molecule has 2 rings (SSSR count). The van der Waals surface area contributed by atoms with E-state index in [-0.39, 0.29) is 0 Å². The van der Waals surface area contributed by atoms with Gasteiger partial charge in [0.25, 0.3) is 0 Å². The lowest BCUT2D eigenvalue weighted by atomic mass is 9.94. The normalized spacial score (nSPS) is 17.4. The topological polar surface area (TPSA) is 24.4 Å². The van der Waals surface area contributed by atoms with E-state index in [4.69, 9.17) is 4.99 Å². The maximum Gasteiger partial charge on any atom is 0.0587 e. The number of aryl methyl sites for hydroxylation is 2. The molecular weight excluding hydrogens is 256 g/mol. The molecule has 0 fully saturated rings. The minimum Gasteiger partial charge on any atom is -0.354 e. The highest BCUT2D eigenvalue weighted by Crippen LogP contribution is 2.27. The standard InChI is InChI=1S/C19H28N2/c1-5-6-13-20-17-12-8-11-16(4)19(17)21-18-14(2)9-7-10-15(18)3/h7,9-10,21H,5-6,8,11-13H2,1-4H3. The Bertz CT molecular complexity index is 532. The van der Waals surface area contributed by atoms with E-state index in [1.807, 2.05) is 0 Å². The van der Waals surface area contributed by atoms with E-state index in [0.29, 0.717) is 0 Å². The number of nitrogens with one attached hydrogen (secondary N) is 1. The molecule has 1 N–H and O–H groups in total. The zero-order valence-electron chi connectivity index (χ0n) is 13.9. The van der Waals surface area contributed by atoms with Crippen LogP contribution in [-0.2, 0) is 0 Å². The molecule has 0 bridgehead atoms. The maximum atomic E-state index is 4.86. The van der Waals surface area contributed by atoms with Crippen molar-refractivity contribution in [3.05, 3.63) is 40.6 Å². The van der Waals surface area contributed by atoms with E-state index >= 15 is 0 Å². The number of benzene rings is 1. The Labute approximate surface area is 129 Å². The second kappa shape index (κ2) is 7.44. The zero-order valence-corrected chi connectivity index (χ0v) is 13.9. The van der Waals surface area contributed by atoms with Gasteiger partial charge in [-0.05, 0) is 63.2 Å². The van der Waals surface area contributed by atoms with Crippen LogP contribution >= 0.6 is 0 Å². The fourth-order valence-corrected chi connectivity index (χ4v) is 2.86. The molecule has 2 heteroatoms. The SMILES string of the molecule is CCCCN=C1CCCC(C)=C1Nc1c(C)cccc1C. The van der Waals surface area contributed by atoms with Gasteiger partial charge in [0.1, 0.15) is 0 Å². The Kier molecular flexibility index (Phi) is 5.60. The molecule has 0 aliphatic heterocycles. The molecule has 1 aliphatic rings. The first-order chi connectivity index (χ1) is 10.1. The number of hydrogen-bond donors (Lipinski definition) is 1. The Morgan fingerprint density at radius 2 is 1.81 bits per heavy atom. The van der Waals surface area contributed by atoms with E-state index in [2.05, 4.69) is 51.2 Å². The van der Waals surface area contributed by atoms with Gasteiger partial charge < -0.3 is 5.32 Å². The quantitative estimate of drug-likeness (QED) is 0.718. The maximum absolute atomic E-state index is 4.86. The summed E-state index contributed by atoms with van der Waals surface area (Å²) in [4.78, 5) is 4.86. The predicted octanol–water partition coefficient (Wildman–Crippen LogP) is 5.41. The minimum absolute atomic E-state index is 0.955. The predicted molar refractivity (Wildman–Crippen MR) is 93.3 cm³/mol. The van der Waals surface area contributed by atoms with Crippen molar-refractivity contribution in [3.63, 3.8) is 0 Å². The van der Waals surface area contributed by atoms with Crippen LogP contribution in [0.4, 0.5) is 5.69 Å². The van der Waals surface area contributed by atoms with Crippen LogP contribution in [0.3, 0.4) is 0 Å². The fourth-order valence-electron chi connectivity index (χ4n) is 2.86. The zero-order chi connectivity index (χ0) is 15.2. The van der Waals surface area contributed by atoms with Crippen LogP contribution < -0.4 is 5.32 Å². The summed E-state index contributed by atoms with van der Waals surface area (Å²) >= 11 is 0. The minimum atomic E-state index is 0.955. The first-order valence-electron chi connectivity index (χ1n) is 8.20. The van der Waals surface area contributed by atoms with Crippen molar-refractivity contribution in [1.82, 2.24) is 0 Å². The Hall–Kier alpha value is -1.57. The number of unbranched alkanes of at least 4 members (excludes halogenated alkanes) is 1. The molecule has 0 saturated heterocycles. The summed E-state index contributed by atoms with van der Waals surface area (Å²) in [5.74, 6) is 0. The number of nitrogens with zero attached hydrogens (tertiary/aromatic N) is 1. The van der Waals surface area contributed by atoms with Crippen molar-refractivity contribution in [2.75, 3.05) is 11.9 Å². The van der Waals surface area contributed by atoms with Crippen molar-refractivity contribution in [2.24, 2.45) is 4.99 Å². The van der Waals surface area contributed by atoms with Gasteiger partial charge in [0.2, 0.25) is 0 Å². The number of para-hydroxylation sites is 1. The lowest BCUT2D eigenvalue weighted by Gasteiger charge is -2.23. The van der Waals surface area contributed by atoms with Crippen molar-refractivity contribution in [1.29, 1.82) is 0 Å². The number of rotatable bonds is 5. The highest BCUT2D eigenvalue weighted by Gasteiger charge is 2.17. The lowest BCUT2D eigenvalue weighted by molar-refractivity contribution is 0.785. The van der Waals surface area contributed by atoms with E-state index < -0.39 is 0 Å². The summed E-state index contributed by atoms with van der Waals surface area (Å²) in [6.07, 6.45) is 5.90. The van der Waals surface area contributed by atoms with Gasteiger partial charge in [0.15, 0.2) is 0 Å². The largest absolute Gasteiger partial charge is 0.354 e. The molecule has 0 aromatic heterocycles. The first kappa shape index (κ1) is 15.8. The Morgan fingerprint density at radius 3 is 2.48 bits per heavy atom. The summed E-state index contributed by atoms with van der Waals surface area (Å²) in [7, 11) is 0. The average Bonchev–Trinajstić information content (AvgIpc) is 2.45. The molecule has 0 amide bonds. The summed E-state index contributed by atoms with van der Waals surface area (Å²) in [5, 5.41) is 3.69. The van der Waals surface area contributed by atoms with Crippen LogP contribution in [-0.4, -0.2) is 12.3 Å².